The molecule has 1 aromatic heterocycles. The van der Waals surface area contributed by atoms with Gasteiger partial charge in [-0.2, -0.15) is 0 Å². The molecule has 0 atom stereocenters. The minimum absolute atomic E-state index is 0.210. The van der Waals surface area contributed by atoms with Gasteiger partial charge in [-0.3, -0.25) is 4.72 Å². The average molecular weight is 362 g/mol. The molecule has 0 aliphatic heterocycles. The molecule has 0 bridgehead atoms. The topological polar surface area (TPSA) is 72.0 Å². The molecule has 2 aromatic rings. The Morgan fingerprint density at radius 1 is 1.37 bits per heavy atom. The van der Waals surface area contributed by atoms with Crippen LogP contribution in [0.3, 0.4) is 0 Å². The van der Waals surface area contributed by atoms with Crippen molar-refractivity contribution in [3.63, 3.8) is 0 Å². The highest BCUT2D eigenvalue weighted by Gasteiger charge is 2.17. The van der Waals surface area contributed by atoms with Crippen LogP contribution in [-0.2, 0) is 16.4 Å². The summed E-state index contributed by atoms with van der Waals surface area (Å²) in [6.45, 7) is 3.78. The van der Waals surface area contributed by atoms with Crippen molar-refractivity contribution < 1.29 is 8.42 Å². The number of anilines is 1. The SMILES string of the molecule is CCc1nnc(NS(=O)(=O)c2ccc(Br)c(C)c2)s1. The van der Waals surface area contributed by atoms with E-state index in [0.717, 1.165) is 21.5 Å². The maximum atomic E-state index is 12.2. The van der Waals surface area contributed by atoms with E-state index in [1.54, 1.807) is 18.2 Å². The van der Waals surface area contributed by atoms with Crippen molar-refractivity contribution in [2.24, 2.45) is 0 Å². The summed E-state index contributed by atoms with van der Waals surface area (Å²) < 4.78 is 27.7. The fourth-order valence-electron chi connectivity index (χ4n) is 1.40. The van der Waals surface area contributed by atoms with Crippen molar-refractivity contribution in [2.45, 2.75) is 25.2 Å². The van der Waals surface area contributed by atoms with E-state index in [-0.39, 0.29) is 10.0 Å². The van der Waals surface area contributed by atoms with Gasteiger partial charge in [-0.25, -0.2) is 8.42 Å². The van der Waals surface area contributed by atoms with Crippen LogP contribution in [0.4, 0.5) is 5.13 Å². The quantitative estimate of drug-likeness (QED) is 0.908. The Morgan fingerprint density at radius 2 is 2.11 bits per heavy atom. The molecular weight excluding hydrogens is 350 g/mol. The highest BCUT2D eigenvalue weighted by Crippen LogP contribution is 2.23. The minimum atomic E-state index is -3.61. The summed E-state index contributed by atoms with van der Waals surface area (Å²) in [7, 11) is -3.61. The van der Waals surface area contributed by atoms with Gasteiger partial charge >= 0.3 is 0 Å². The first kappa shape index (κ1) is 14.4. The fraction of sp³-hybridized carbons (Fsp3) is 0.273. The predicted molar refractivity (Wildman–Crippen MR) is 79.0 cm³/mol. The van der Waals surface area contributed by atoms with E-state index in [1.165, 1.54) is 11.3 Å². The predicted octanol–water partition coefficient (Wildman–Crippen LogP) is 2.97. The Kier molecular flexibility index (Phi) is 4.22. The molecule has 0 aliphatic carbocycles. The van der Waals surface area contributed by atoms with Crippen LogP contribution in [-0.4, -0.2) is 18.6 Å². The molecule has 0 saturated carbocycles. The summed E-state index contributed by atoms with van der Waals surface area (Å²) in [6, 6.07) is 4.86. The van der Waals surface area contributed by atoms with E-state index >= 15 is 0 Å². The van der Waals surface area contributed by atoms with Gasteiger partial charge in [0.15, 0.2) is 0 Å². The second-order valence-corrected chi connectivity index (χ2v) is 7.47. The maximum Gasteiger partial charge on any atom is 0.263 e. The standard InChI is InChI=1S/C11H12BrN3O2S2/c1-3-10-13-14-11(18-10)15-19(16,17)8-4-5-9(12)7(2)6-8/h4-6H,3H2,1-2H3,(H,14,15). The number of nitrogens with one attached hydrogen (secondary N) is 1. The molecule has 0 radical (unpaired) electrons. The first-order valence-corrected chi connectivity index (χ1v) is 8.63. The van der Waals surface area contributed by atoms with Gasteiger partial charge in [0.1, 0.15) is 5.01 Å². The number of aromatic nitrogens is 2. The molecule has 8 heteroatoms. The van der Waals surface area contributed by atoms with Crippen LogP contribution in [0.5, 0.6) is 0 Å². The molecule has 1 heterocycles. The number of sulfonamides is 1. The van der Waals surface area contributed by atoms with Crippen LogP contribution in [0, 0.1) is 6.92 Å². The molecule has 1 N–H and O–H groups in total. The number of hydrogen-bond acceptors (Lipinski definition) is 5. The van der Waals surface area contributed by atoms with E-state index in [1.807, 2.05) is 13.8 Å². The summed E-state index contributed by atoms with van der Waals surface area (Å²) in [5, 5.41) is 8.77. The van der Waals surface area contributed by atoms with Gasteiger partial charge in [-0.1, -0.05) is 34.2 Å². The summed E-state index contributed by atoms with van der Waals surface area (Å²) in [5.41, 5.74) is 0.856. The van der Waals surface area contributed by atoms with Gasteiger partial charge in [0.05, 0.1) is 4.90 Å². The van der Waals surface area contributed by atoms with Gasteiger partial charge in [-0.15, -0.1) is 10.2 Å². The third kappa shape index (κ3) is 3.31. The smallest absolute Gasteiger partial charge is 0.253 e. The normalized spacial score (nSPS) is 11.5. The summed E-state index contributed by atoms with van der Waals surface area (Å²) in [5.74, 6) is 0. The Bertz CT molecular complexity index is 698. The van der Waals surface area contributed by atoms with Gasteiger partial charge < -0.3 is 0 Å². The Hall–Kier alpha value is -0.990. The summed E-state index contributed by atoms with van der Waals surface area (Å²) in [6.07, 6.45) is 0.733. The molecule has 0 fully saturated rings. The Labute approximate surface area is 124 Å². The summed E-state index contributed by atoms with van der Waals surface area (Å²) >= 11 is 4.58. The lowest BCUT2D eigenvalue weighted by Gasteiger charge is -2.06. The minimum Gasteiger partial charge on any atom is -0.253 e. The number of nitrogens with zero attached hydrogens (tertiary/aromatic N) is 2. The lowest BCUT2D eigenvalue weighted by Crippen LogP contribution is -2.13. The van der Waals surface area contributed by atoms with E-state index in [9.17, 15) is 8.42 Å². The van der Waals surface area contributed by atoms with Gasteiger partial charge in [0, 0.05) is 4.47 Å². The first-order valence-electron chi connectivity index (χ1n) is 5.53. The third-order valence-electron chi connectivity index (χ3n) is 2.43. The molecule has 0 aliphatic rings. The van der Waals surface area contributed by atoms with Gasteiger partial charge in [0.2, 0.25) is 5.13 Å². The number of hydrogen-bond donors (Lipinski definition) is 1. The average Bonchev–Trinajstić information content (AvgIpc) is 2.79. The first-order chi connectivity index (χ1) is 8.92. The molecule has 0 spiro atoms. The van der Waals surface area contributed by atoms with Gasteiger partial charge in [-0.05, 0) is 37.1 Å². The van der Waals surface area contributed by atoms with E-state index in [2.05, 4.69) is 30.8 Å². The summed E-state index contributed by atoms with van der Waals surface area (Å²) in [4.78, 5) is 0.210. The van der Waals surface area contributed by atoms with Gasteiger partial charge in [0.25, 0.3) is 10.0 Å². The molecule has 102 valence electrons. The number of benzene rings is 1. The molecular formula is C11H12BrN3O2S2. The van der Waals surface area contributed by atoms with Crippen molar-refractivity contribution in [3.8, 4) is 0 Å². The zero-order chi connectivity index (χ0) is 14.0. The van der Waals surface area contributed by atoms with Crippen LogP contribution in [0.2, 0.25) is 0 Å². The van der Waals surface area contributed by atoms with Crippen LogP contribution >= 0.6 is 27.3 Å². The van der Waals surface area contributed by atoms with E-state index in [4.69, 9.17) is 0 Å². The molecule has 0 saturated heterocycles. The zero-order valence-electron chi connectivity index (χ0n) is 10.3. The van der Waals surface area contributed by atoms with Crippen LogP contribution in [0.1, 0.15) is 17.5 Å². The van der Waals surface area contributed by atoms with Crippen molar-refractivity contribution in [1.29, 1.82) is 0 Å². The maximum absolute atomic E-state index is 12.2. The molecule has 0 amide bonds. The lowest BCUT2D eigenvalue weighted by molar-refractivity contribution is 0.601. The Morgan fingerprint density at radius 3 is 2.68 bits per heavy atom. The number of halogens is 1. The molecule has 0 unspecified atom stereocenters. The van der Waals surface area contributed by atoms with Crippen LogP contribution in [0.25, 0.3) is 0 Å². The Balaban J connectivity index is 2.29. The fourth-order valence-corrected chi connectivity index (χ4v) is 3.64. The van der Waals surface area contributed by atoms with Crippen molar-refractivity contribution in [2.75, 3.05) is 4.72 Å². The van der Waals surface area contributed by atoms with Crippen LogP contribution in [0.15, 0.2) is 27.6 Å². The second kappa shape index (κ2) is 5.56. The highest BCUT2D eigenvalue weighted by atomic mass is 79.9. The van der Waals surface area contributed by atoms with Crippen molar-refractivity contribution in [1.82, 2.24) is 10.2 Å². The third-order valence-corrected chi connectivity index (χ3v) is 5.77. The second-order valence-electron chi connectivity index (χ2n) is 3.87. The number of aryl methyl sites for hydroxylation is 2. The monoisotopic (exact) mass is 361 g/mol. The van der Waals surface area contributed by atoms with E-state index in [0.29, 0.717) is 0 Å². The molecule has 1 aromatic carbocycles. The molecule has 2 rings (SSSR count). The number of rotatable bonds is 4. The highest BCUT2D eigenvalue weighted by molar-refractivity contribution is 9.10. The van der Waals surface area contributed by atoms with Crippen molar-refractivity contribution in [3.05, 3.63) is 33.2 Å². The van der Waals surface area contributed by atoms with Crippen LogP contribution < -0.4 is 4.72 Å². The lowest BCUT2D eigenvalue weighted by atomic mass is 10.2. The van der Waals surface area contributed by atoms with Crippen molar-refractivity contribution >= 4 is 42.4 Å². The molecule has 5 nitrogen and oxygen atoms in total. The zero-order valence-corrected chi connectivity index (χ0v) is 13.6. The molecule has 19 heavy (non-hydrogen) atoms. The van der Waals surface area contributed by atoms with E-state index < -0.39 is 10.0 Å². The largest absolute Gasteiger partial charge is 0.263 e.